The monoisotopic (exact) mass is 422 g/mol. The molecular weight excluding hydrogens is 408 g/mol. The van der Waals surface area contributed by atoms with Crippen LogP contribution in [0.2, 0.25) is 0 Å². The number of amides is 1. The molecule has 0 radical (unpaired) electrons. The summed E-state index contributed by atoms with van der Waals surface area (Å²) in [6, 6.07) is 6.54. The van der Waals surface area contributed by atoms with Crippen molar-refractivity contribution in [2.45, 2.75) is 12.8 Å². The van der Waals surface area contributed by atoms with Gasteiger partial charge in [-0.1, -0.05) is 18.2 Å². The van der Waals surface area contributed by atoms with Gasteiger partial charge in [0, 0.05) is 10.8 Å². The molecule has 0 saturated carbocycles. The Bertz CT molecular complexity index is 1410. The lowest BCUT2D eigenvalue weighted by atomic mass is 10.2. The summed E-state index contributed by atoms with van der Waals surface area (Å²) in [5.41, 5.74) is 0.807. The number of benzene rings is 1. The van der Waals surface area contributed by atoms with Crippen molar-refractivity contribution in [3.05, 3.63) is 51.9 Å². The molecule has 4 aromatic rings. The molecule has 1 aliphatic carbocycles. The second-order valence-corrected chi connectivity index (χ2v) is 7.55. The highest BCUT2D eigenvalue weighted by Gasteiger charge is 2.25. The summed E-state index contributed by atoms with van der Waals surface area (Å²) < 4.78 is 11.2. The Morgan fingerprint density at radius 2 is 2.00 bits per heavy atom. The summed E-state index contributed by atoms with van der Waals surface area (Å²) in [6.07, 6.45) is 5.39. The fourth-order valence-corrected chi connectivity index (χ4v) is 4.29. The number of furan rings is 1. The number of carbonyl (C=O) groups excluding carboxylic acids is 1. The van der Waals surface area contributed by atoms with Gasteiger partial charge >= 0.3 is 11.9 Å². The average molecular weight is 422 g/mol. The standard InChI is InChI=1S/C21H14N2O6S/c24-13-6-3-4-10-8-15(28-17(10)13)18-16(21(26)27)12(9-30-18)22-19(25)20-23-11-5-1-2-7-14(11)29-20/h3-9,24H,1-2H2,(H,22,25)(H,26,27). The predicted molar refractivity (Wildman–Crippen MR) is 110 cm³/mol. The van der Waals surface area contributed by atoms with Gasteiger partial charge < -0.3 is 24.4 Å². The van der Waals surface area contributed by atoms with Crippen LogP contribution in [-0.4, -0.2) is 27.1 Å². The number of hydrogen-bond donors (Lipinski definition) is 3. The number of aromatic hydroxyl groups is 1. The molecule has 0 atom stereocenters. The van der Waals surface area contributed by atoms with E-state index in [0.717, 1.165) is 24.2 Å². The predicted octanol–water partition coefficient (Wildman–Crippen LogP) is 3.16. The molecule has 150 valence electrons. The molecule has 0 aliphatic heterocycles. The fraction of sp³-hybridized carbons (Fsp3) is 0.0952. The number of phenols is 1. The Morgan fingerprint density at radius 1 is 1.17 bits per heavy atom. The van der Waals surface area contributed by atoms with Crippen LogP contribution in [0.3, 0.4) is 0 Å². The number of nitrogens with zero attached hydrogens (tertiary/aromatic N) is 1. The van der Waals surface area contributed by atoms with Crippen molar-refractivity contribution in [1.29, 1.82) is 0 Å². The van der Waals surface area contributed by atoms with Crippen LogP contribution < -0.4 is 16.1 Å². The highest BCUT2D eigenvalue weighted by Crippen LogP contribution is 2.40. The molecular formula is C21H14N2O6S. The SMILES string of the molecule is O=C(Nc1csc(-c2cc3cccc(O)c3o2)c1C(=O)O)c1nc2c(o1)=CCCC=2. The molecule has 3 heterocycles. The molecule has 0 bridgehead atoms. The van der Waals surface area contributed by atoms with Crippen molar-refractivity contribution in [2.75, 3.05) is 5.32 Å². The molecule has 1 amide bonds. The second kappa shape index (κ2) is 6.89. The van der Waals surface area contributed by atoms with Gasteiger partial charge in [0.25, 0.3) is 5.89 Å². The number of thiophene rings is 1. The summed E-state index contributed by atoms with van der Waals surface area (Å²) in [6.45, 7) is 0. The van der Waals surface area contributed by atoms with Gasteiger partial charge in [-0.15, -0.1) is 11.3 Å². The van der Waals surface area contributed by atoms with E-state index in [1.165, 1.54) is 11.4 Å². The van der Waals surface area contributed by atoms with Gasteiger partial charge in [-0.3, -0.25) is 4.79 Å². The first-order valence-corrected chi connectivity index (χ1v) is 9.94. The van der Waals surface area contributed by atoms with Crippen molar-refractivity contribution in [3.8, 4) is 16.4 Å². The lowest BCUT2D eigenvalue weighted by molar-refractivity contribution is 0.0699. The van der Waals surface area contributed by atoms with Gasteiger partial charge in [0.2, 0.25) is 0 Å². The van der Waals surface area contributed by atoms with Crippen molar-refractivity contribution >= 4 is 52.0 Å². The van der Waals surface area contributed by atoms with Crippen LogP contribution in [0.4, 0.5) is 5.69 Å². The van der Waals surface area contributed by atoms with Crippen molar-refractivity contribution in [3.63, 3.8) is 0 Å². The minimum atomic E-state index is -1.22. The molecule has 0 fully saturated rings. The third-order valence-electron chi connectivity index (χ3n) is 4.71. The van der Waals surface area contributed by atoms with Crippen molar-refractivity contribution in [2.24, 2.45) is 0 Å². The van der Waals surface area contributed by atoms with Crippen LogP contribution in [0, 0.1) is 0 Å². The smallest absolute Gasteiger partial charge is 0.339 e. The number of carboxylic acids is 1. The molecule has 0 saturated heterocycles. The summed E-state index contributed by atoms with van der Waals surface area (Å²) in [5, 5.41) is 25.0. The van der Waals surface area contributed by atoms with Crippen molar-refractivity contribution in [1.82, 2.24) is 4.98 Å². The van der Waals surface area contributed by atoms with Gasteiger partial charge in [0.05, 0.1) is 10.6 Å². The number of oxazole rings is 1. The number of para-hydroxylation sites is 1. The molecule has 3 N–H and O–H groups in total. The molecule has 30 heavy (non-hydrogen) atoms. The number of nitrogens with one attached hydrogen (secondary N) is 1. The summed E-state index contributed by atoms with van der Waals surface area (Å²) in [5.74, 6) is -1.75. The number of phenolic OH excluding ortho intramolecular Hbond substituents is 1. The summed E-state index contributed by atoms with van der Waals surface area (Å²) in [7, 11) is 0. The van der Waals surface area contributed by atoms with Crippen LogP contribution >= 0.6 is 11.3 Å². The van der Waals surface area contributed by atoms with E-state index < -0.39 is 11.9 Å². The first-order valence-electron chi connectivity index (χ1n) is 9.06. The number of anilines is 1. The maximum atomic E-state index is 12.6. The van der Waals surface area contributed by atoms with Gasteiger partial charge in [-0.2, -0.15) is 0 Å². The average Bonchev–Trinajstić information content (AvgIpc) is 3.44. The van der Waals surface area contributed by atoms with E-state index in [1.807, 2.05) is 12.2 Å². The highest BCUT2D eigenvalue weighted by atomic mass is 32.1. The van der Waals surface area contributed by atoms with Crippen molar-refractivity contribution < 1.29 is 28.6 Å². The highest BCUT2D eigenvalue weighted by molar-refractivity contribution is 7.14. The molecule has 0 spiro atoms. The number of fused-ring (bicyclic) bond motifs is 2. The topological polar surface area (TPSA) is 126 Å². The first kappa shape index (κ1) is 18.2. The summed E-state index contributed by atoms with van der Waals surface area (Å²) >= 11 is 1.11. The van der Waals surface area contributed by atoms with E-state index in [-0.39, 0.29) is 34.2 Å². The Kier molecular flexibility index (Phi) is 4.18. The zero-order valence-electron chi connectivity index (χ0n) is 15.3. The normalized spacial score (nSPS) is 12.8. The number of aromatic nitrogens is 1. The maximum Gasteiger partial charge on any atom is 0.339 e. The minimum Gasteiger partial charge on any atom is -0.504 e. The van der Waals surface area contributed by atoms with Crippen LogP contribution in [0.1, 0.15) is 33.9 Å². The van der Waals surface area contributed by atoms with Gasteiger partial charge in [0.15, 0.2) is 16.7 Å². The van der Waals surface area contributed by atoms with Gasteiger partial charge in [-0.05, 0) is 31.1 Å². The Balaban J connectivity index is 1.53. The van der Waals surface area contributed by atoms with E-state index in [9.17, 15) is 19.8 Å². The summed E-state index contributed by atoms with van der Waals surface area (Å²) in [4.78, 5) is 29.0. The molecule has 1 aliphatic rings. The van der Waals surface area contributed by atoms with Gasteiger partial charge in [-0.25, -0.2) is 9.78 Å². The third-order valence-corrected chi connectivity index (χ3v) is 5.70. The van der Waals surface area contributed by atoms with E-state index >= 15 is 0 Å². The molecule has 8 nitrogen and oxygen atoms in total. The number of rotatable bonds is 4. The van der Waals surface area contributed by atoms with E-state index in [0.29, 0.717) is 21.0 Å². The Labute approximate surface area is 172 Å². The zero-order chi connectivity index (χ0) is 20.8. The number of carbonyl (C=O) groups is 2. The Hall–Kier alpha value is -3.85. The number of hydrogen-bond acceptors (Lipinski definition) is 7. The molecule has 5 rings (SSSR count). The van der Waals surface area contributed by atoms with Crippen LogP contribution in [0.25, 0.3) is 33.8 Å². The quantitative estimate of drug-likeness (QED) is 0.461. The third kappa shape index (κ3) is 2.96. The molecule has 9 heteroatoms. The molecule has 0 unspecified atom stereocenters. The minimum absolute atomic E-state index is 0.0397. The first-order chi connectivity index (χ1) is 14.5. The van der Waals surface area contributed by atoms with E-state index in [2.05, 4.69) is 10.3 Å². The fourth-order valence-electron chi connectivity index (χ4n) is 3.35. The number of carboxylic acid groups (broad SMARTS) is 1. The van der Waals surface area contributed by atoms with Crippen LogP contribution in [0.15, 0.2) is 38.5 Å². The zero-order valence-corrected chi connectivity index (χ0v) is 16.2. The maximum absolute atomic E-state index is 12.6. The molecule has 3 aromatic heterocycles. The van der Waals surface area contributed by atoms with Crippen LogP contribution in [0.5, 0.6) is 5.75 Å². The largest absolute Gasteiger partial charge is 0.504 e. The Morgan fingerprint density at radius 3 is 2.77 bits per heavy atom. The lowest BCUT2D eigenvalue weighted by Gasteiger charge is -2.03. The van der Waals surface area contributed by atoms with E-state index in [1.54, 1.807) is 18.2 Å². The van der Waals surface area contributed by atoms with Gasteiger partial charge in [0.1, 0.15) is 16.7 Å². The lowest BCUT2D eigenvalue weighted by Crippen LogP contribution is -2.24. The van der Waals surface area contributed by atoms with E-state index in [4.69, 9.17) is 8.83 Å². The van der Waals surface area contributed by atoms with Crippen LogP contribution in [-0.2, 0) is 0 Å². The number of aromatic carboxylic acids is 1. The molecule has 1 aromatic carbocycles. The second-order valence-electron chi connectivity index (χ2n) is 6.67.